The maximum absolute atomic E-state index is 10.6. The Morgan fingerprint density at radius 1 is 0.900 bits per heavy atom. The Morgan fingerprint density at radius 3 is 2.37 bits per heavy atom. The Labute approximate surface area is 188 Å². The maximum atomic E-state index is 10.6. The van der Waals surface area contributed by atoms with Crippen LogP contribution in [0.1, 0.15) is 119 Å². The molecule has 0 spiro atoms. The van der Waals surface area contributed by atoms with Gasteiger partial charge in [0.25, 0.3) is 0 Å². The fraction of sp³-hybridized carbons (Fsp3) is 1.00. The van der Waals surface area contributed by atoms with Gasteiger partial charge in [0.05, 0.1) is 6.10 Å². The minimum Gasteiger partial charge on any atom is -0.393 e. The normalized spacial score (nSPS) is 49.4. The monoisotopic (exact) mass is 416 g/mol. The molecule has 0 radical (unpaired) electrons. The van der Waals surface area contributed by atoms with Gasteiger partial charge in [0.15, 0.2) is 0 Å². The molecule has 1 N–H and O–H groups in total. The van der Waals surface area contributed by atoms with Gasteiger partial charge < -0.3 is 5.11 Å². The molecule has 174 valence electrons. The summed E-state index contributed by atoms with van der Waals surface area (Å²) in [5.74, 6) is 7.15. The second-order valence-electron chi connectivity index (χ2n) is 13.3. The second-order valence-corrected chi connectivity index (χ2v) is 13.3. The van der Waals surface area contributed by atoms with Crippen molar-refractivity contribution in [3.63, 3.8) is 0 Å². The van der Waals surface area contributed by atoms with Gasteiger partial charge in [-0.1, -0.05) is 67.2 Å². The Morgan fingerprint density at radius 2 is 1.67 bits per heavy atom. The van der Waals surface area contributed by atoms with Crippen molar-refractivity contribution in [2.45, 2.75) is 125 Å². The average molecular weight is 417 g/mol. The van der Waals surface area contributed by atoms with Crippen LogP contribution in [0.3, 0.4) is 0 Å². The zero-order chi connectivity index (χ0) is 21.7. The summed E-state index contributed by atoms with van der Waals surface area (Å²) in [6.45, 7) is 15.1. The summed E-state index contributed by atoms with van der Waals surface area (Å²) in [6, 6.07) is 0. The quantitative estimate of drug-likeness (QED) is 0.463. The first kappa shape index (κ1) is 23.1. The third-order valence-electron chi connectivity index (χ3n) is 11.7. The summed E-state index contributed by atoms with van der Waals surface area (Å²) in [4.78, 5) is 0. The molecule has 4 rings (SSSR count). The first-order valence-corrected chi connectivity index (χ1v) is 13.9. The van der Waals surface area contributed by atoms with Crippen molar-refractivity contribution in [2.24, 2.45) is 58.2 Å². The smallest absolute Gasteiger partial charge is 0.0546 e. The lowest BCUT2D eigenvalue weighted by molar-refractivity contribution is -0.158. The van der Waals surface area contributed by atoms with Crippen LogP contribution in [0.25, 0.3) is 0 Å². The van der Waals surface area contributed by atoms with Crippen LogP contribution in [0, 0.1) is 58.2 Å². The highest BCUT2D eigenvalue weighted by molar-refractivity contribution is 5.11. The van der Waals surface area contributed by atoms with E-state index in [0.29, 0.717) is 10.8 Å². The van der Waals surface area contributed by atoms with Gasteiger partial charge in [-0.05, 0) is 110 Å². The molecule has 10 atom stereocenters. The molecule has 0 aromatic carbocycles. The molecule has 0 saturated heterocycles. The van der Waals surface area contributed by atoms with Crippen molar-refractivity contribution >= 4 is 0 Å². The van der Waals surface area contributed by atoms with Crippen LogP contribution >= 0.6 is 0 Å². The van der Waals surface area contributed by atoms with Crippen molar-refractivity contribution in [3.05, 3.63) is 0 Å². The molecule has 4 fully saturated rings. The number of aliphatic hydroxyl groups excluding tert-OH is 1. The molecule has 4 saturated carbocycles. The zero-order valence-electron chi connectivity index (χ0n) is 21.1. The van der Waals surface area contributed by atoms with E-state index in [-0.39, 0.29) is 6.10 Å². The first-order chi connectivity index (χ1) is 14.2. The Balaban J connectivity index is 1.50. The molecule has 0 aliphatic heterocycles. The molecule has 0 amide bonds. The summed E-state index contributed by atoms with van der Waals surface area (Å²) in [7, 11) is 0. The van der Waals surface area contributed by atoms with Crippen molar-refractivity contribution in [1.82, 2.24) is 0 Å². The summed E-state index contributed by atoms with van der Waals surface area (Å²) in [6.07, 6.45) is 16.5. The van der Waals surface area contributed by atoms with Crippen molar-refractivity contribution < 1.29 is 5.11 Å². The highest BCUT2D eigenvalue weighted by Crippen LogP contribution is 2.69. The van der Waals surface area contributed by atoms with Crippen LogP contribution in [0.15, 0.2) is 0 Å². The minimum absolute atomic E-state index is 0.0269. The van der Waals surface area contributed by atoms with E-state index in [2.05, 4.69) is 41.5 Å². The van der Waals surface area contributed by atoms with Crippen molar-refractivity contribution in [3.8, 4) is 0 Å². The van der Waals surface area contributed by atoms with E-state index in [9.17, 15) is 5.11 Å². The van der Waals surface area contributed by atoms with Crippen LogP contribution in [-0.2, 0) is 0 Å². The van der Waals surface area contributed by atoms with Crippen LogP contribution in [-0.4, -0.2) is 11.2 Å². The molecule has 4 aliphatic carbocycles. The highest BCUT2D eigenvalue weighted by Gasteiger charge is 2.62. The molecular formula is C29H52O. The maximum Gasteiger partial charge on any atom is 0.0546 e. The van der Waals surface area contributed by atoms with Gasteiger partial charge in [0, 0.05) is 0 Å². The van der Waals surface area contributed by atoms with Crippen LogP contribution < -0.4 is 0 Å². The third-order valence-corrected chi connectivity index (χ3v) is 11.7. The van der Waals surface area contributed by atoms with Gasteiger partial charge in [0.2, 0.25) is 0 Å². The minimum atomic E-state index is -0.0269. The molecule has 1 heteroatoms. The molecule has 30 heavy (non-hydrogen) atoms. The molecule has 4 aliphatic rings. The van der Waals surface area contributed by atoms with Crippen LogP contribution in [0.2, 0.25) is 0 Å². The van der Waals surface area contributed by atoms with Gasteiger partial charge in [-0.2, -0.15) is 0 Å². The third kappa shape index (κ3) is 3.72. The number of hydrogen-bond acceptors (Lipinski definition) is 1. The van der Waals surface area contributed by atoms with Gasteiger partial charge in [-0.25, -0.2) is 0 Å². The molecule has 0 heterocycles. The summed E-state index contributed by atoms with van der Waals surface area (Å²) in [5.41, 5.74) is 1.11. The fourth-order valence-electron chi connectivity index (χ4n) is 10.1. The summed E-state index contributed by atoms with van der Waals surface area (Å²) >= 11 is 0. The lowest BCUT2D eigenvalue weighted by Gasteiger charge is -2.63. The number of fused-ring (bicyclic) bond motifs is 5. The van der Waals surface area contributed by atoms with Crippen molar-refractivity contribution in [1.29, 1.82) is 0 Å². The average Bonchev–Trinajstić information content (AvgIpc) is 3.05. The molecule has 0 aromatic heterocycles. The SMILES string of the molecule is CCC1C[C@H](O)C[C@H]2CC[C@@H]3[C@@H]4CC[C@H]([C@H](C)CCCC(C)C)[C@@]4(C)CC[C@@H]3[C@@]12C. The zero-order valence-corrected chi connectivity index (χ0v) is 21.1. The van der Waals surface area contributed by atoms with E-state index in [4.69, 9.17) is 0 Å². The Hall–Kier alpha value is -0.0400. The van der Waals surface area contributed by atoms with E-state index in [1.165, 1.54) is 64.2 Å². The Kier molecular flexibility index (Phi) is 6.72. The molecule has 0 aromatic rings. The van der Waals surface area contributed by atoms with Crippen molar-refractivity contribution in [2.75, 3.05) is 0 Å². The molecule has 1 unspecified atom stereocenters. The number of rotatable bonds is 6. The predicted octanol–water partition coefficient (Wildman–Crippen LogP) is 8.10. The van der Waals surface area contributed by atoms with Crippen LogP contribution in [0.5, 0.6) is 0 Å². The molecule has 1 nitrogen and oxygen atoms in total. The number of hydrogen-bond donors (Lipinski definition) is 1. The second kappa shape index (κ2) is 8.72. The van der Waals surface area contributed by atoms with E-state index in [0.717, 1.165) is 60.2 Å². The topological polar surface area (TPSA) is 20.2 Å². The van der Waals surface area contributed by atoms with E-state index >= 15 is 0 Å². The lowest BCUT2D eigenvalue weighted by atomic mass is 9.42. The fourth-order valence-corrected chi connectivity index (χ4v) is 10.1. The van der Waals surface area contributed by atoms with E-state index in [1.807, 2.05) is 0 Å². The summed E-state index contributed by atoms with van der Waals surface area (Å²) < 4.78 is 0. The van der Waals surface area contributed by atoms with Crippen LogP contribution in [0.4, 0.5) is 0 Å². The summed E-state index contributed by atoms with van der Waals surface area (Å²) in [5, 5.41) is 10.6. The first-order valence-electron chi connectivity index (χ1n) is 13.9. The number of aliphatic hydroxyl groups is 1. The Bertz CT molecular complexity index is 573. The standard InChI is InChI=1S/C29H52O/c1-7-21-17-23(30)18-22-11-12-24-26-14-13-25(20(4)10-8-9-19(2)3)28(26,5)16-15-27(24)29(21,22)6/h19-27,30H,7-18H2,1-6H3/t20-,21?,22-,23+,24-,25-,26+,27+,28-,29+/m1/s1. The van der Waals surface area contributed by atoms with Gasteiger partial charge >= 0.3 is 0 Å². The predicted molar refractivity (Wildman–Crippen MR) is 128 cm³/mol. The lowest BCUT2D eigenvalue weighted by Crippen LogP contribution is -2.57. The van der Waals surface area contributed by atoms with Gasteiger partial charge in [-0.3, -0.25) is 0 Å². The molecule has 0 bridgehead atoms. The van der Waals surface area contributed by atoms with Gasteiger partial charge in [0.1, 0.15) is 0 Å². The largest absolute Gasteiger partial charge is 0.393 e. The highest BCUT2D eigenvalue weighted by atomic mass is 16.3. The molecular weight excluding hydrogens is 364 g/mol. The van der Waals surface area contributed by atoms with Gasteiger partial charge in [-0.15, -0.1) is 0 Å². The van der Waals surface area contributed by atoms with E-state index < -0.39 is 0 Å². The van der Waals surface area contributed by atoms with E-state index in [1.54, 1.807) is 0 Å².